The predicted molar refractivity (Wildman–Crippen MR) is 76.3 cm³/mol. The van der Waals surface area contributed by atoms with Gasteiger partial charge in [0.15, 0.2) is 0 Å². The lowest BCUT2D eigenvalue weighted by Gasteiger charge is -2.22. The first kappa shape index (κ1) is 12.5. The van der Waals surface area contributed by atoms with Crippen molar-refractivity contribution in [2.24, 2.45) is 0 Å². The molecule has 1 aliphatic carbocycles. The maximum atomic E-state index is 6.04. The molecule has 0 aromatic heterocycles. The molecule has 2 unspecified atom stereocenters. The summed E-state index contributed by atoms with van der Waals surface area (Å²) in [6.45, 7) is 2.38. The summed E-state index contributed by atoms with van der Waals surface area (Å²) in [4.78, 5) is 2.48. The van der Waals surface area contributed by atoms with Crippen molar-refractivity contribution >= 4 is 11.6 Å². The highest BCUT2D eigenvalue weighted by molar-refractivity contribution is 6.30. The van der Waals surface area contributed by atoms with Gasteiger partial charge in [0, 0.05) is 23.7 Å². The molecule has 1 aliphatic heterocycles. The number of hydrogen-bond donors (Lipinski definition) is 1. The summed E-state index contributed by atoms with van der Waals surface area (Å²) < 4.78 is 0. The van der Waals surface area contributed by atoms with Gasteiger partial charge in [0.1, 0.15) is 0 Å². The number of likely N-dealkylation sites (N-methyl/N-ethyl adjacent to an activating group) is 1. The van der Waals surface area contributed by atoms with Crippen LogP contribution in [0.1, 0.15) is 24.0 Å². The van der Waals surface area contributed by atoms with Crippen LogP contribution in [0.2, 0.25) is 5.02 Å². The van der Waals surface area contributed by atoms with Crippen LogP contribution in [-0.4, -0.2) is 37.1 Å². The van der Waals surface area contributed by atoms with Gasteiger partial charge in [0.2, 0.25) is 0 Å². The van der Waals surface area contributed by atoms with E-state index in [1.165, 1.54) is 30.5 Å². The van der Waals surface area contributed by atoms with Crippen molar-refractivity contribution in [2.45, 2.75) is 37.8 Å². The molecule has 1 saturated heterocycles. The number of benzene rings is 1. The van der Waals surface area contributed by atoms with Gasteiger partial charge in [-0.3, -0.25) is 0 Å². The predicted octanol–water partition coefficient (Wildman–Crippen LogP) is 2.49. The molecule has 1 heterocycles. The van der Waals surface area contributed by atoms with Crippen molar-refractivity contribution in [3.8, 4) is 0 Å². The summed E-state index contributed by atoms with van der Waals surface area (Å²) >= 11 is 6.04. The lowest BCUT2D eigenvalue weighted by Crippen LogP contribution is -2.40. The molecular weight excluding hydrogens is 244 g/mol. The van der Waals surface area contributed by atoms with Crippen LogP contribution >= 0.6 is 11.6 Å². The molecule has 1 aromatic carbocycles. The maximum absolute atomic E-state index is 6.04. The molecule has 2 atom stereocenters. The Morgan fingerprint density at radius 3 is 2.94 bits per heavy atom. The summed E-state index contributed by atoms with van der Waals surface area (Å²) in [5, 5.41) is 4.60. The van der Waals surface area contributed by atoms with Crippen LogP contribution in [-0.2, 0) is 12.8 Å². The van der Waals surface area contributed by atoms with Crippen molar-refractivity contribution in [1.29, 1.82) is 0 Å². The summed E-state index contributed by atoms with van der Waals surface area (Å²) in [7, 11) is 2.24. The second-order valence-electron chi connectivity index (χ2n) is 5.70. The van der Waals surface area contributed by atoms with Gasteiger partial charge in [0.25, 0.3) is 0 Å². The zero-order valence-corrected chi connectivity index (χ0v) is 11.7. The molecule has 2 aliphatic rings. The van der Waals surface area contributed by atoms with Crippen LogP contribution in [0.5, 0.6) is 0 Å². The number of hydrogen-bond acceptors (Lipinski definition) is 2. The second-order valence-corrected chi connectivity index (χ2v) is 6.14. The summed E-state index contributed by atoms with van der Waals surface area (Å²) in [5.41, 5.74) is 2.90. The number of nitrogens with zero attached hydrogens (tertiary/aromatic N) is 1. The molecule has 2 nitrogen and oxygen atoms in total. The first-order valence-electron chi connectivity index (χ1n) is 6.93. The third-order valence-electron chi connectivity index (χ3n) is 4.41. The highest BCUT2D eigenvalue weighted by Gasteiger charge is 2.25. The van der Waals surface area contributed by atoms with Crippen molar-refractivity contribution < 1.29 is 0 Å². The monoisotopic (exact) mass is 264 g/mol. The fraction of sp³-hybridized carbons (Fsp3) is 0.600. The van der Waals surface area contributed by atoms with E-state index in [1.807, 2.05) is 6.07 Å². The van der Waals surface area contributed by atoms with Crippen LogP contribution in [0, 0.1) is 0 Å². The van der Waals surface area contributed by atoms with Crippen LogP contribution in [0.15, 0.2) is 18.2 Å². The Morgan fingerprint density at radius 2 is 2.17 bits per heavy atom. The van der Waals surface area contributed by atoms with E-state index in [9.17, 15) is 0 Å². The van der Waals surface area contributed by atoms with E-state index in [4.69, 9.17) is 11.6 Å². The second kappa shape index (κ2) is 5.20. The number of rotatable bonds is 3. The Bertz CT molecular complexity index is 433. The normalized spacial score (nSPS) is 27.7. The van der Waals surface area contributed by atoms with Gasteiger partial charge >= 0.3 is 0 Å². The van der Waals surface area contributed by atoms with E-state index in [0.29, 0.717) is 6.04 Å². The van der Waals surface area contributed by atoms with Crippen LogP contribution in [0.3, 0.4) is 0 Å². The number of fused-ring (bicyclic) bond motifs is 1. The zero-order valence-electron chi connectivity index (χ0n) is 11.0. The fourth-order valence-electron chi connectivity index (χ4n) is 3.27. The van der Waals surface area contributed by atoms with Crippen LogP contribution < -0.4 is 5.32 Å². The van der Waals surface area contributed by atoms with Gasteiger partial charge in [-0.05, 0) is 62.5 Å². The van der Waals surface area contributed by atoms with E-state index >= 15 is 0 Å². The lowest BCUT2D eigenvalue weighted by atomic mass is 10.1. The molecule has 0 radical (unpaired) electrons. The number of halogens is 1. The standard InChI is InChI=1S/C15H21ClN2/c1-18-6-2-3-15(18)10-17-14-8-11-4-5-13(16)7-12(11)9-14/h4-5,7,14-15,17H,2-3,6,8-10H2,1H3. The highest BCUT2D eigenvalue weighted by Crippen LogP contribution is 2.25. The first-order valence-corrected chi connectivity index (χ1v) is 7.31. The quantitative estimate of drug-likeness (QED) is 0.903. The highest BCUT2D eigenvalue weighted by atomic mass is 35.5. The van der Waals surface area contributed by atoms with Crippen molar-refractivity contribution in [2.75, 3.05) is 20.1 Å². The van der Waals surface area contributed by atoms with E-state index in [0.717, 1.165) is 30.5 Å². The average molecular weight is 265 g/mol. The molecule has 18 heavy (non-hydrogen) atoms. The fourth-order valence-corrected chi connectivity index (χ4v) is 3.47. The molecule has 98 valence electrons. The third-order valence-corrected chi connectivity index (χ3v) is 4.65. The molecule has 1 N–H and O–H groups in total. The minimum Gasteiger partial charge on any atom is -0.312 e. The van der Waals surface area contributed by atoms with E-state index in [2.05, 4.69) is 29.4 Å². The van der Waals surface area contributed by atoms with Crippen LogP contribution in [0.4, 0.5) is 0 Å². The lowest BCUT2D eigenvalue weighted by molar-refractivity contribution is 0.292. The molecule has 0 spiro atoms. The topological polar surface area (TPSA) is 15.3 Å². The molecule has 3 heteroatoms. The Labute approximate surface area is 114 Å². The third kappa shape index (κ3) is 2.56. The molecule has 3 rings (SSSR count). The minimum absolute atomic E-state index is 0.604. The van der Waals surface area contributed by atoms with E-state index < -0.39 is 0 Å². The van der Waals surface area contributed by atoms with Crippen molar-refractivity contribution in [1.82, 2.24) is 10.2 Å². The summed E-state index contributed by atoms with van der Waals surface area (Å²) in [5.74, 6) is 0. The number of nitrogens with one attached hydrogen (secondary N) is 1. The molecule has 1 fully saturated rings. The Kier molecular flexibility index (Phi) is 3.60. The van der Waals surface area contributed by atoms with Gasteiger partial charge in [0.05, 0.1) is 0 Å². The van der Waals surface area contributed by atoms with Gasteiger partial charge in [-0.2, -0.15) is 0 Å². The molecule has 0 saturated carbocycles. The minimum atomic E-state index is 0.604. The van der Waals surface area contributed by atoms with Gasteiger partial charge in [-0.1, -0.05) is 17.7 Å². The average Bonchev–Trinajstić information content (AvgIpc) is 2.92. The van der Waals surface area contributed by atoms with Crippen molar-refractivity contribution in [3.63, 3.8) is 0 Å². The SMILES string of the molecule is CN1CCCC1CNC1Cc2ccc(Cl)cc2C1. The van der Waals surface area contributed by atoms with Gasteiger partial charge in [-0.25, -0.2) is 0 Å². The Balaban J connectivity index is 1.54. The van der Waals surface area contributed by atoms with E-state index in [1.54, 1.807) is 0 Å². The van der Waals surface area contributed by atoms with Gasteiger partial charge in [-0.15, -0.1) is 0 Å². The smallest absolute Gasteiger partial charge is 0.0408 e. The molecule has 0 bridgehead atoms. The molecule has 0 amide bonds. The molecule has 1 aromatic rings. The largest absolute Gasteiger partial charge is 0.312 e. The zero-order chi connectivity index (χ0) is 12.5. The maximum Gasteiger partial charge on any atom is 0.0408 e. The van der Waals surface area contributed by atoms with Crippen LogP contribution in [0.25, 0.3) is 0 Å². The summed E-state index contributed by atoms with van der Waals surface area (Å²) in [6.07, 6.45) is 4.98. The van der Waals surface area contributed by atoms with E-state index in [-0.39, 0.29) is 0 Å². The Hall–Kier alpha value is -0.570. The summed E-state index contributed by atoms with van der Waals surface area (Å²) in [6, 6.07) is 7.65. The van der Waals surface area contributed by atoms with Gasteiger partial charge < -0.3 is 10.2 Å². The molecular formula is C15H21ClN2. The Morgan fingerprint density at radius 1 is 1.33 bits per heavy atom. The van der Waals surface area contributed by atoms with Crippen molar-refractivity contribution in [3.05, 3.63) is 34.3 Å². The first-order chi connectivity index (χ1) is 8.72. The number of likely N-dealkylation sites (tertiary alicyclic amines) is 1.